The molecule has 0 aliphatic carbocycles. The van der Waals surface area contributed by atoms with Gasteiger partial charge in [0.2, 0.25) is 0 Å². The lowest BCUT2D eigenvalue weighted by molar-refractivity contribution is 0.306. The average molecular weight is 387 g/mol. The van der Waals surface area contributed by atoms with E-state index in [1.165, 1.54) is 0 Å². The van der Waals surface area contributed by atoms with Crippen LogP contribution in [-0.2, 0) is 16.8 Å². The van der Waals surface area contributed by atoms with Gasteiger partial charge in [-0.25, -0.2) is 8.70 Å². The number of fused-ring (bicyclic) bond motifs is 1. The Morgan fingerprint density at radius 3 is 2.63 bits per heavy atom. The zero-order chi connectivity index (χ0) is 19.0. The van der Waals surface area contributed by atoms with Gasteiger partial charge in [0, 0.05) is 24.2 Å². The molecule has 0 aromatic heterocycles. The molecule has 0 radical (unpaired) electrons. The summed E-state index contributed by atoms with van der Waals surface area (Å²) in [6.45, 7) is 0.517. The number of hydrogen-bond acceptors (Lipinski definition) is 4. The fraction of sp³-hybridized carbons (Fsp3) is 0.158. The van der Waals surface area contributed by atoms with Gasteiger partial charge in [-0.2, -0.15) is 13.1 Å². The van der Waals surface area contributed by atoms with Gasteiger partial charge in [-0.1, -0.05) is 30.3 Å². The maximum absolute atomic E-state index is 15.3. The fourth-order valence-electron chi connectivity index (χ4n) is 3.13. The Balaban J connectivity index is 1.85. The van der Waals surface area contributed by atoms with Crippen LogP contribution < -0.4 is 19.5 Å². The van der Waals surface area contributed by atoms with Gasteiger partial charge >= 0.3 is 10.2 Å². The van der Waals surface area contributed by atoms with Crippen molar-refractivity contribution in [1.29, 1.82) is 0 Å². The second-order valence-electron chi connectivity index (χ2n) is 6.26. The summed E-state index contributed by atoms with van der Waals surface area (Å²) in [6.07, 6.45) is 0. The van der Waals surface area contributed by atoms with E-state index >= 15 is 4.39 Å². The van der Waals surface area contributed by atoms with Gasteiger partial charge in [0.05, 0.1) is 0 Å². The molecule has 1 saturated heterocycles. The predicted octanol–water partition coefficient (Wildman–Crippen LogP) is 2.79. The van der Waals surface area contributed by atoms with Crippen molar-refractivity contribution in [1.82, 2.24) is 4.72 Å². The molecular weight excluding hydrogens is 369 g/mol. The van der Waals surface area contributed by atoms with Gasteiger partial charge in [0.1, 0.15) is 18.0 Å². The van der Waals surface area contributed by atoms with E-state index in [0.717, 1.165) is 9.87 Å². The van der Waals surface area contributed by atoms with Gasteiger partial charge in [-0.05, 0) is 35.2 Å². The van der Waals surface area contributed by atoms with Crippen LogP contribution in [0.5, 0.6) is 5.75 Å². The maximum atomic E-state index is 15.3. The summed E-state index contributed by atoms with van der Waals surface area (Å²) in [7, 11) is -3.81. The molecule has 0 amide bonds. The minimum absolute atomic E-state index is 0.0896. The smallest absolute Gasteiger partial charge is 0.301 e. The number of nitrogen functional groups attached to an aromatic ring is 1. The number of nitrogens with two attached hydrogens (primary N) is 1. The van der Waals surface area contributed by atoms with Crippen LogP contribution in [0.3, 0.4) is 0 Å². The lowest BCUT2D eigenvalue weighted by atomic mass is 10.1. The van der Waals surface area contributed by atoms with Crippen molar-refractivity contribution in [2.75, 3.05) is 23.1 Å². The molecule has 3 aromatic carbocycles. The summed E-state index contributed by atoms with van der Waals surface area (Å²) < 4.78 is 49.2. The maximum Gasteiger partial charge on any atom is 0.301 e. The Morgan fingerprint density at radius 2 is 1.93 bits per heavy atom. The molecule has 1 aliphatic heterocycles. The molecule has 1 aliphatic rings. The van der Waals surface area contributed by atoms with Crippen LogP contribution in [0.2, 0.25) is 0 Å². The van der Waals surface area contributed by atoms with E-state index in [9.17, 15) is 8.42 Å². The standard InChI is InChI=1S/C19H18FN3O3S/c20-18-16-7-6-15(21)10-14(16)11-17(26-12-13-4-2-1-3-5-13)19(18)23-9-8-22-27(23,24)25/h1-7,10-11,22H,8-9,12,21H2. The molecule has 0 bridgehead atoms. The molecule has 140 valence electrons. The van der Waals surface area contributed by atoms with Crippen LogP contribution >= 0.6 is 0 Å². The highest BCUT2D eigenvalue weighted by Gasteiger charge is 2.33. The topological polar surface area (TPSA) is 84.7 Å². The number of anilines is 2. The normalized spacial score (nSPS) is 16.0. The molecule has 1 heterocycles. The average Bonchev–Trinajstić information content (AvgIpc) is 2.99. The monoisotopic (exact) mass is 387 g/mol. The second kappa shape index (κ2) is 6.71. The highest BCUT2D eigenvalue weighted by atomic mass is 32.2. The SMILES string of the molecule is Nc1ccc2c(F)c(N3CCNS3(=O)=O)c(OCc3ccccc3)cc2c1. The van der Waals surface area contributed by atoms with Crippen molar-refractivity contribution in [3.05, 3.63) is 66.0 Å². The third-order valence-electron chi connectivity index (χ3n) is 4.42. The molecule has 6 nitrogen and oxygen atoms in total. The van der Waals surface area contributed by atoms with E-state index in [1.807, 2.05) is 30.3 Å². The molecule has 3 aromatic rings. The predicted molar refractivity (Wildman–Crippen MR) is 103 cm³/mol. The molecule has 0 unspecified atom stereocenters. The number of benzene rings is 3. The first-order valence-electron chi connectivity index (χ1n) is 8.41. The van der Waals surface area contributed by atoms with Crippen LogP contribution in [0.4, 0.5) is 15.8 Å². The van der Waals surface area contributed by atoms with Crippen molar-refractivity contribution >= 4 is 32.4 Å². The molecular formula is C19H18FN3O3S. The molecule has 1 fully saturated rings. The highest BCUT2D eigenvalue weighted by Crippen LogP contribution is 2.39. The summed E-state index contributed by atoms with van der Waals surface area (Å²) in [5, 5.41) is 0.831. The second-order valence-corrected chi connectivity index (χ2v) is 7.94. The van der Waals surface area contributed by atoms with E-state index in [2.05, 4.69) is 4.72 Å². The van der Waals surface area contributed by atoms with Gasteiger partial charge in [-0.3, -0.25) is 0 Å². The summed E-state index contributed by atoms with van der Waals surface area (Å²) in [5.41, 5.74) is 7.10. The zero-order valence-corrected chi connectivity index (χ0v) is 15.2. The first-order chi connectivity index (χ1) is 13.0. The van der Waals surface area contributed by atoms with Crippen molar-refractivity contribution in [2.24, 2.45) is 0 Å². The Kier molecular flexibility index (Phi) is 4.37. The quantitative estimate of drug-likeness (QED) is 0.674. The molecule has 0 saturated carbocycles. The number of nitrogens with one attached hydrogen (secondary N) is 1. The first-order valence-corrected chi connectivity index (χ1v) is 9.85. The summed E-state index contributed by atoms with van der Waals surface area (Å²) in [4.78, 5) is 0. The fourth-order valence-corrected chi connectivity index (χ4v) is 4.38. The first kappa shape index (κ1) is 17.6. The number of nitrogens with zero attached hydrogens (tertiary/aromatic N) is 1. The molecule has 0 spiro atoms. The highest BCUT2D eigenvalue weighted by molar-refractivity contribution is 7.91. The minimum Gasteiger partial charge on any atom is -0.487 e. The van der Waals surface area contributed by atoms with Gasteiger partial charge in [-0.15, -0.1) is 0 Å². The van der Waals surface area contributed by atoms with Crippen molar-refractivity contribution < 1.29 is 17.5 Å². The summed E-state index contributed by atoms with van der Waals surface area (Å²) in [5.74, 6) is -0.496. The molecule has 27 heavy (non-hydrogen) atoms. The molecule has 4 rings (SSSR count). The molecule has 0 atom stereocenters. The van der Waals surface area contributed by atoms with Crippen LogP contribution in [0.1, 0.15) is 5.56 Å². The van der Waals surface area contributed by atoms with Crippen molar-refractivity contribution in [2.45, 2.75) is 6.61 Å². The third-order valence-corrected chi connectivity index (χ3v) is 5.93. The van der Waals surface area contributed by atoms with E-state index in [0.29, 0.717) is 11.1 Å². The lowest BCUT2D eigenvalue weighted by Crippen LogP contribution is -2.30. The van der Waals surface area contributed by atoms with E-state index in [1.54, 1.807) is 24.3 Å². The number of ether oxygens (including phenoxy) is 1. The molecule has 3 N–H and O–H groups in total. The zero-order valence-electron chi connectivity index (χ0n) is 14.4. The van der Waals surface area contributed by atoms with Crippen LogP contribution in [0, 0.1) is 5.82 Å². The largest absolute Gasteiger partial charge is 0.487 e. The van der Waals surface area contributed by atoms with Crippen LogP contribution in [0.25, 0.3) is 10.8 Å². The van der Waals surface area contributed by atoms with Gasteiger partial charge in [0.15, 0.2) is 5.82 Å². The van der Waals surface area contributed by atoms with Crippen LogP contribution in [-0.4, -0.2) is 21.5 Å². The van der Waals surface area contributed by atoms with Crippen molar-refractivity contribution in [3.63, 3.8) is 0 Å². The van der Waals surface area contributed by atoms with Crippen molar-refractivity contribution in [3.8, 4) is 5.75 Å². The Morgan fingerprint density at radius 1 is 1.15 bits per heavy atom. The summed E-state index contributed by atoms with van der Waals surface area (Å²) >= 11 is 0. The van der Waals surface area contributed by atoms with Crippen LogP contribution in [0.15, 0.2) is 54.6 Å². The Labute approximate surface area is 156 Å². The number of halogens is 1. The minimum atomic E-state index is -3.81. The van der Waals surface area contributed by atoms with E-state index in [4.69, 9.17) is 10.5 Å². The summed E-state index contributed by atoms with van der Waals surface area (Å²) in [6, 6.07) is 15.8. The lowest BCUT2D eigenvalue weighted by Gasteiger charge is -2.22. The van der Waals surface area contributed by atoms with Gasteiger partial charge < -0.3 is 10.5 Å². The third kappa shape index (κ3) is 3.29. The Bertz CT molecular complexity index is 1100. The number of hydrogen-bond donors (Lipinski definition) is 2. The van der Waals surface area contributed by atoms with E-state index < -0.39 is 16.0 Å². The molecule has 8 heteroatoms. The number of rotatable bonds is 4. The van der Waals surface area contributed by atoms with Gasteiger partial charge in [0.25, 0.3) is 0 Å². The Hall–Kier alpha value is -2.84. The van der Waals surface area contributed by atoms with E-state index in [-0.39, 0.29) is 36.5 Å².